The molecule has 0 aromatic heterocycles. The Morgan fingerprint density at radius 3 is 3.04 bits per heavy atom. The zero-order valence-electron chi connectivity index (χ0n) is 14.8. The predicted molar refractivity (Wildman–Crippen MR) is 97.2 cm³/mol. The summed E-state index contributed by atoms with van der Waals surface area (Å²) in [5.41, 5.74) is 4.34. The molecule has 1 aromatic rings. The third-order valence-corrected chi connectivity index (χ3v) is 6.97. The van der Waals surface area contributed by atoms with Crippen molar-refractivity contribution in [3.63, 3.8) is 0 Å². The van der Waals surface area contributed by atoms with Gasteiger partial charge in [0.15, 0.2) is 0 Å². The smallest absolute Gasteiger partial charge is 0.335 e. The van der Waals surface area contributed by atoms with Gasteiger partial charge in [-0.15, -0.1) is 0 Å². The molecule has 0 bridgehead atoms. The van der Waals surface area contributed by atoms with Crippen molar-refractivity contribution >= 4 is 11.7 Å². The number of nitrogens with one attached hydrogen (secondary N) is 1. The number of rotatable bonds is 2. The number of para-hydroxylation sites is 1. The van der Waals surface area contributed by atoms with E-state index in [0.717, 1.165) is 49.3 Å². The van der Waals surface area contributed by atoms with E-state index in [9.17, 15) is 4.79 Å². The van der Waals surface area contributed by atoms with Crippen molar-refractivity contribution in [1.29, 1.82) is 0 Å². The summed E-state index contributed by atoms with van der Waals surface area (Å²) in [5, 5.41) is 3.62. The van der Waals surface area contributed by atoms with Crippen LogP contribution in [-0.4, -0.2) is 37.1 Å². The zero-order chi connectivity index (χ0) is 17.2. The number of fused-ring (bicyclic) bond motifs is 1. The molecule has 1 spiro atoms. The second-order valence-corrected chi connectivity index (χ2v) is 7.80. The number of methoxy groups -OCH3 is 1. The summed E-state index contributed by atoms with van der Waals surface area (Å²) in [5.74, 6) is -0.182. The van der Waals surface area contributed by atoms with E-state index in [4.69, 9.17) is 4.74 Å². The quantitative estimate of drug-likeness (QED) is 0.665. The summed E-state index contributed by atoms with van der Waals surface area (Å²) in [6.45, 7) is 4.34. The first-order chi connectivity index (χ1) is 12.2. The number of hydrogen-bond donors (Lipinski definition) is 1. The average molecular weight is 336 g/mol. The van der Waals surface area contributed by atoms with Gasteiger partial charge in [-0.2, -0.15) is 0 Å². The second-order valence-electron chi connectivity index (χ2n) is 7.80. The lowest BCUT2D eigenvalue weighted by Crippen LogP contribution is -2.58. The van der Waals surface area contributed by atoms with Crippen LogP contribution in [0.15, 0.2) is 47.7 Å². The van der Waals surface area contributed by atoms with E-state index in [1.54, 1.807) is 0 Å². The summed E-state index contributed by atoms with van der Waals surface area (Å²) in [6, 6.07) is 8.99. The monoisotopic (exact) mass is 336 g/mol. The molecule has 3 atom stereocenters. The Morgan fingerprint density at radius 2 is 2.24 bits per heavy atom. The van der Waals surface area contributed by atoms with Crippen LogP contribution >= 0.6 is 0 Å². The number of ether oxygens (including phenoxy) is 1. The topological polar surface area (TPSA) is 41.6 Å². The molecule has 1 unspecified atom stereocenters. The molecule has 4 heteroatoms. The minimum atomic E-state index is -0.182. The van der Waals surface area contributed by atoms with E-state index < -0.39 is 0 Å². The molecule has 1 saturated heterocycles. The Morgan fingerprint density at radius 1 is 1.40 bits per heavy atom. The van der Waals surface area contributed by atoms with Crippen molar-refractivity contribution in [3.05, 3.63) is 53.3 Å². The van der Waals surface area contributed by atoms with Crippen LogP contribution in [0, 0.1) is 5.41 Å². The lowest BCUT2D eigenvalue weighted by molar-refractivity contribution is -0.137. The molecule has 1 aromatic carbocycles. The standard InChI is InChI=1S/C21H24N2O2/c1-3-20-9-6-11-23-12-10-21(19(20)23)15-7-4-5-8-16(15)22-17(21)14(13-20)18(24)25-2/h4-9,19,22H,3,10-13H2,1-2H3/t19?,20-,21-/m0/s1. The first kappa shape index (κ1) is 15.2. The predicted octanol–water partition coefficient (Wildman–Crippen LogP) is 3.22. The van der Waals surface area contributed by atoms with Gasteiger partial charge in [0.2, 0.25) is 0 Å². The maximum absolute atomic E-state index is 12.7. The number of anilines is 1. The summed E-state index contributed by atoms with van der Waals surface area (Å²) in [7, 11) is 1.49. The number of carbonyl (C=O) groups excluding carboxylic acids is 1. The third kappa shape index (κ3) is 1.68. The number of nitrogens with zero attached hydrogens (tertiary/aromatic N) is 1. The van der Waals surface area contributed by atoms with Crippen LogP contribution in [0.5, 0.6) is 0 Å². The van der Waals surface area contributed by atoms with Crippen LogP contribution < -0.4 is 5.32 Å². The van der Waals surface area contributed by atoms with E-state index >= 15 is 0 Å². The second kappa shape index (κ2) is 4.98. The SMILES string of the molecule is CC[C@]12C=CCN3CC[C@]4(C(=C(C(=O)OC)C1)Nc1ccccc14)C32. The maximum atomic E-state index is 12.7. The Kier molecular flexibility index (Phi) is 3.03. The molecule has 130 valence electrons. The zero-order valence-corrected chi connectivity index (χ0v) is 14.8. The van der Waals surface area contributed by atoms with Gasteiger partial charge in [0.1, 0.15) is 0 Å². The summed E-state index contributed by atoms with van der Waals surface area (Å²) >= 11 is 0. The molecule has 0 saturated carbocycles. The van der Waals surface area contributed by atoms with Gasteiger partial charge in [-0.3, -0.25) is 4.90 Å². The minimum absolute atomic E-state index is 0.000898. The molecule has 5 rings (SSSR count). The third-order valence-electron chi connectivity index (χ3n) is 6.97. The fraction of sp³-hybridized carbons (Fsp3) is 0.476. The van der Waals surface area contributed by atoms with E-state index in [0.29, 0.717) is 6.04 Å². The molecule has 0 amide bonds. The van der Waals surface area contributed by atoms with Gasteiger partial charge in [-0.1, -0.05) is 37.3 Å². The van der Waals surface area contributed by atoms with E-state index in [-0.39, 0.29) is 16.8 Å². The van der Waals surface area contributed by atoms with Gasteiger partial charge >= 0.3 is 5.97 Å². The van der Waals surface area contributed by atoms with Crippen LogP contribution in [0.3, 0.4) is 0 Å². The molecule has 1 aliphatic carbocycles. The van der Waals surface area contributed by atoms with E-state index in [2.05, 4.69) is 53.6 Å². The first-order valence-electron chi connectivity index (χ1n) is 9.26. The Bertz CT molecular complexity index is 827. The number of benzene rings is 1. The average Bonchev–Trinajstić information content (AvgIpc) is 3.21. The van der Waals surface area contributed by atoms with Crippen LogP contribution in [0.2, 0.25) is 0 Å². The Labute approximate surface area is 148 Å². The van der Waals surface area contributed by atoms with Gasteiger partial charge in [0.25, 0.3) is 0 Å². The number of esters is 1. The van der Waals surface area contributed by atoms with E-state index in [1.807, 2.05) is 0 Å². The van der Waals surface area contributed by atoms with Gasteiger partial charge in [-0.05, 0) is 30.9 Å². The van der Waals surface area contributed by atoms with Crippen LogP contribution in [0.1, 0.15) is 31.7 Å². The first-order valence-corrected chi connectivity index (χ1v) is 9.26. The fourth-order valence-electron chi connectivity index (χ4n) is 6.02. The van der Waals surface area contributed by atoms with Crippen molar-refractivity contribution in [2.45, 2.75) is 37.6 Å². The van der Waals surface area contributed by atoms with Gasteiger partial charge in [-0.25, -0.2) is 4.79 Å². The molecule has 4 nitrogen and oxygen atoms in total. The number of hydrogen-bond acceptors (Lipinski definition) is 4. The molecule has 1 N–H and O–H groups in total. The molecule has 0 radical (unpaired) electrons. The fourth-order valence-corrected chi connectivity index (χ4v) is 6.02. The van der Waals surface area contributed by atoms with Crippen LogP contribution in [0.25, 0.3) is 0 Å². The largest absolute Gasteiger partial charge is 0.466 e. The molecular formula is C21H24N2O2. The summed E-state index contributed by atoms with van der Waals surface area (Å²) < 4.78 is 5.19. The van der Waals surface area contributed by atoms with Crippen molar-refractivity contribution in [2.24, 2.45) is 5.41 Å². The number of carbonyl (C=O) groups is 1. The lowest BCUT2D eigenvalue weighted by Gasteiger charge is -2.53. The Hall–Kier alpha value is -2.07. The molecule has 4 aliphatic rings. The minimum Gasteiger partial charge on any atom is -0.466 e. The van der Waals surface area contributed by atoms with Crippen LogP contribution in [-0.2, 0) is 14.9 Å². The molecule has 1 fully saturated rings. The lowest BCUT2D eigenvalue weighted by atomic mass is 9.55. The molecule has 3 aliphatic heterocycles. The molecular weight excluding hydrogens is 312 g/mol. The summed E-state index contributed by atoms with van der Waals surface area (Å²) in [4.78, 5) is 15.3. The highest BCUT2D eigenvalue weighted by Gasteiger charge is 2.65. The highest BCUT2D eigenvalue weighted by molar-refractivity contribution is 5.93. The van der Waals surface area contributed by atoms with Crippen molar-refractivity contribution in [2.75, 3.05) is 25.5 Å². The normalized spacial score (nSPS) is 35.0. The van der Waals surface area contributed by atoms with Crippen molar-refractivity contribution in [1.82, 2.24) is 4.90 Å². The molecule has 3 heterocycles. The maximum Gasteiger partial charge on any atom is 0.335 e. The van der Waals surface area contributed by atoms with Crippen LogP contribution in [0.4, 0.5) is 5.69 Å². The van der Waals surface area contributed by atoms with Gasteiger partial charge in [0.05, 0.1) is 18.1 Å². The van der Waals surface area contributed by atoms with Gasteiger partial charge in [0, 0.05) is 35.9 Å². The van der Waals surface area contributed by atoms with Crippen molar-refractivity contribution < 1.29 is 9.53 Å². The van der Waals surface area contributed by atoms with E-state index in [1.165, 1.54) is 12.7 Å². The molecule has 25 heavy (non-hydrogen) atoms. The highest BCUT2D eigenvalue weighted by Crippen LogP contribution is 2.64. The summed E-state index contributed by atoms with van der Waals surface area (Å²) in [6.07, 6.45) is 7.53. The van der Waals surface area contributed by atoms with Gasteiger partial charge < -0.3 is 10.1 Å². The van der Waals surface area contributed by atoms with Crippen molar-refractivity contribution in [3.8, 4) is 0 Å². The Balaban J connectivity index is 1.83. The highest BCUT2D eigenvalue weighted by atomic mass is 16.5.